The van der Waals surface area contributed by atoms with Crippen molar-refractivity contribution in [2.45, 2.75) is 38.9 Å². The monoisotopic (exact) mass is 264 g/mol. The third kappa shape index (κ3) is 3.96. The van der Waals surface area contributed by atoms with Crippen LogP contribution in [-0.4, -0.2) is 25.8 Å². The molecule has 1 saturated heterocycles. The van der Waals surface area contributed by atoms with E-state index in [4.69, 9.17) is 14.2 Å². The maximum absolute atomic E-state index is 11.0. The van der Waals surface area contributed by atoms with Crippen LogP contribution in [0.15, 0.2) is 18.2 Å². The minimum atomic E-state index is -0.169. The van der Waals surface area contributed by atoms with Crippen molar-refractivity contribution in [2.75, 3.05) is 13.7 Å². The number of carbonyl (C=O) groups is 1. The van der Waals surface area contributed by atoms with Crippen LogP contribution in [0.2, 0.25) is 0 Å². The van der Waals surface area contributed by atoms with Crippen molar-refractivity contribution in [1.82, 2.24) is 0 Å². The molecular weight excluding hydrogens is 244 g/mol. The number of benzene rings is 1. The third-order valence-electron chi connectivity index (χ3n) is 3.14. The summed E-state index contributed by atoms with van der Waals surface area (Å²) >= 11 is 0. The Morgan fingerprint density at radius 1 is 1.42 bits per heavy atom. The van der Waals surface area contributed by atoms with E-state index in [0.29, 0.717) is 17.9 Å². The molecule has 1 aliphatic heterocycles. The highest BCUT2D eigenvalue weighted by molar-refractivity contribution is 5.75. The fourth-order valence-electron chi connectivity index (χ4n) is 2.07. The zero-order valence-corrected chi connectivity index (χ0v) is 11.5. The molecule has 1 aromatic rings. The Morgan fingerprint density at radius 2 is 2.26 bits per heavy atom. The molecule has 0 N–H and O–H groups in total. The van der Waals surface area contributed by atoms with E-state index < -0.39 is 0 Å². The number of hydrogen-bond donors (Lipinski definition) is 0. The number of ketones is 1. The van der Waals surface area contributed by atoms with Gasteiger partial charge in [-0.15, -0.1) is 0 Å². The smallest absolute Gasteiger partial charge is 0.200 e. The lowest BCUT2D eigenvalue weighted by Gasteiger charge is -2.16. The minimum absolute atomic E-state index is 0.169. The Bertz CT molecular complexity index is 436. The number of methoxy groups -OCH3 is 1. The van der Waals surface area contributed by atoms with E-state index in [0.717, 1.165) is 31.4 Å². The molecule has 0 aromatic heterocycles. The Kier molecular flexibility index (Phi) is 4.80. The molecule has 104 valence electrons. The summed E-state index contributed by atoms with van der Waals surface area (Å²) in [7, 11) is 1.62. The second-order valence-electron chi connectivity index (χ2n) is 4.75. The van der Waals surface area contributed by atoms with Crippen LogP contribution in [0, 0.1) is 0 Å². The van der Waals surface area contributed by atoms with Gasteiger partial charge in [-0.2, -0.15) is 0 Å². The van der Waals surface area contributed by atoms with Crippen LogP contribution in [0.3, 0.4) is 0 Å². The maximum Gasteiger partial charge on any atom is 0.200 e. The van der Waals surface area contributed by atoms with Crippen LogP contribution in [0.5, 0.6) is 11.5 Å². The molecule has 1 aromatic carbocycles. The molecule has 4 nitrogen and oxygen atoms in total. The van der Waals surface area contributed by atoms with Gasteiger partial charge in [0.05, 0.1) is 13.7 Å². The summed E-state index contributed by atoms with van der Waals surface area (Å²) in [6.07, 6.45) is 3.05. The molecule has 19 heavy (non-hydrogen) atoms. The normalized spacial score (nSPS) is 18.3. The van der Waals surface area contributed by atoms with Crippen LogP contribution in [0.25, 0.3) is 0 Å². The SMILES string of the molecule is COc1cc(CCC(C)=O)ccc1OC1CCCO1. The van der Waals surface area contributed by atoms with Gasteiger partial charge in [-0.3, -0.25) is 0 Å². The fourth-order valence-corrected chi connectivity index (χ4v) is 2.07. The number of hydrogen-bond acceptors (Lipinski definition) is 4. The average molecular weight is 264 g/mol. The van der Waals surface area contributed by atoms with Gasteiger partial charge >= 0.3 is 0 Å². The molecule has 0 bridgehead atoms. The van der Waals surface area contributed by atoms with Crippen molar-refractivity contribution in [2.24, 2.45) is 0 Å². The van der Waals surface area contributed by atoms with Gasteiger partial charge in [0.25, 0.3) is 0 Å². The predicted molar refractivity (Wildman–Crippen MR) is 71.6 cm³/mol. The predicted octanol–water partition coefficient (Wildman–Crippen LogP) is 2.73. The summed E-state index contributed by atoms with van der Waals surface area (Å²) in [5, 5.41) is 0. The molecule has 1 aliphatic rings. The van der Waals surface area contributed by atoms with Crippen LogP contribution in [0.1, 0.15) is 31.7 Å². The highest BCUT2D eigenvalue weighted by Gasteiger charge is 2.18. The highest BCUT2D eigenvalue weighted by atomic mass is 16.7. The zero-order chi connectivity index (χ0) is 13.7. The highest BCUT2D eigenvalue weighted by Crippen LogP contribution is 2.31. The molecule has 1 heterocycles. The van der Waals surface area contributed by atoms with Gasteiger partial charge in [0.1, 0.15) is 5.78 Å². The Labute approximate surface area is 113 Å². The molecular formula is C15H20O4. The fraction of sp³-hybridized carbons (Fsp3) is 0.533. The van der Waals surface area contributed by atoms with Crippen molar-refractivity contribution in [3.05, 3.63) is 23.8 Å². The Hall–Kier alpha value is -1.55. The van der Waals surface area contributed by atoms with Crippen molar-refractivity contribution in [3.63, 3.8) is 0 Å². The first-order chi connectivity index (χ1) is 9.19. The summed E-state index contributed by atoms with van der Waals surface area (Å²) in [4.78, 5) is 11.0. The summed E-state index contributed by atoms with van der Waals surface area (Å²) in [6.45, 7) is 2.36. The van der Waals surface area contributed by atoms with Crippen molar-refractivity contribution in [3.8, 4) is 11.5 Å². The molecule has 1 atom stereocenters. The topological polar surface area (TPSA) is 44.8 Å². The van der Waals surface area contributed by atoms with Crippen molar-refractivity contribution < 1.29 is 19.0 Å². The zero-order valence-electron chi connectivity index (χ0n) is 11.5. The van der Waals surface area contributed by atoms with E-state index in [1.54, 1.807) is 14.0 Å². The summed E-state index contributed by atoms with van der Waals surface area (Å²) in [5.41, 5.74) is 1.08. The molecule has 0 radical (unpaired) electrons. The summed E-state index contributed by atoms with van der Waals surface area (Å²) < 4.78 is 16.5. The van der Waals surface area contributed by atoms with Crippen LogP contribution >= 0.6 is 0 Å². The van der Waals surface area contributed by atoms with Gasteiger partial charge in [-0.05, 0) is 37.5 Å². The first kappa shape index (κ1) is 13.9. The van der Waals surface area contributed by atoms with Crippen molar-refractivity contribution >= 4 is 5.78 Å². The van der Waals surface area contributed by atoms with Gasteiger partial charge in [0.15, 0.2) is 17.8 Å². The van der Waals surface area contributed by atoms with Gasteiger partial charge in [0, 0.05) is 12.8 Å². The van der Waals surface area contributed by atoms with E-state index in [9.17, 15) is 4.79 Å². The number of ether oxygens (including phenoxy) is 3. The van der Waals surface area contributed by atoms with E-state index in [1.165, 1.54) is 0 Å². The molecule has 0 amide bonds. The molecule has 1 fully saturated rings. The molecule has 0 spiro atoms. The van der Waals surface area contributed by atoms with E-state index in [2.05, 4.69) is 0 Å². The molecule has 0 aliphatic carbocycles. The van der Waals surface area contributed by atoms with Gasteiger partial charge < -0.3 is 19.0 Å². The quantitative estimate of drug-likeness (QED) is 0.792. The molecule has 4 heteroatoms. The summed E-state index contributed by atoms with van der Waals surface area (Å²) in [5.74, 6) is 1.58. The molecule has 1 unspecified atom stereocenters. The first-order valence-electron chi connectivity index (χ1n) is 6.63. The maximum atomic E-state index is 11.0. The lowest BCUT2D eigenvalue weighted by Crippen LogP contribution is -2.14. The molecule has 2 rings (SSSR count). The Morgan fingerprint density at radius 3 is 2.89 bits per heavy atom. The second kappa shape index (κ2) is 6.57. The van der Waals surface area contributed by atoms with Crippen LogP contribution in [-0.2, 0) is 16.0 Å². The van der Waals surface area contributed by atoms with Crippen LogP contribution < -0.4 is 9.47 Å². The second-order valence-corrected chi connectivity index (χ2v) is 4.75. The number of carbonyl (C=O) groups excluding carboxylic acids is 1. The Balaban J connectivity index is 2.04. The number of aryl methyl sites for hydroxylation is 1. The van der Waals surface area contributed by atoms with Crippen LogP contribution in [0.4, 0.5) is 0 Å². The largest absolute Gasteiger partial charge is 0.493 e. The van der Waals surface area contributed by atoms with Crippen molar-refractivity contribution in [1.29, 1.82) is 0 Å². The van der Waals surface area contributed by atoms with E-state index >= 15 is 0 Å². The third-order valence-corrected chi connectivity index (χ3v) is 3.14. The number of rotatable bonds is 6. The first-order valence-corrected chi connectivity index (χ1v) is 6.63. The van der Waals surface area contributed by atoms with Gasteiger partial charge in [0.2, 0.25) is 0 Å². The average Bonchev–Trinajstić information content (AvgIpc) is 2.90. The number of Topliss-reactive ketones (excluding diaryl/α,β-unsaturated/α-hetero) is 1. The van der Waals surface area contributed by atoms with E-state index in [1.807, 2.05) is 18.2 Å². The van der Waals surface area contributed by atoms with E-state index in [-0.39, 0.29) is 12.1 Å². The van der Waals surface area contributed by atoms with Gasteiger partial charge in [-0.1, -0.05) is 6.07 Å². The van der Waals surface area contributed by atoms with Gasteiger partial charge in [-0.25, -0.2) is 0 Å². The lowest BCUT2D eigenvalue weighted by atomic mass is 10.1. The molecule has 0 saturated carbocycles. The minimum Gasteiger partial charge on any atom is -0.493 e. The summed E-state index contributed by atoms with van der Waals surface area (Å²) in [6, 6.07) is 5.78. The standard InChI is InChI=1S/C15H20O4/c1-11(16)5-6-12-7-8-13(14(10-12)17-2)19-15-4-3-9-18-15/h7-8,10,15H,3-6,9H2,1-2H3. The lowest BCUT2D eigenvalue weighted by molar-refractivity contribution is -0.116.